The number of carbonyl (C=O) groups excluding carboxylic acids is 1. The van der Waals surface area contributed by atoms with Gasteiger partial charge in [-0.2, -0.15) is 0 Å². The number of nitrogens with zero attached hydrogens (tertiary/aromatic N) is 1. The van der Waals surface area contributed by atoms with Gasteiger partial charge in [-0.15, -0.1) is 11.3 Å². The van der Waals surface area contributed by atoms with E-state index in [2.05, 4.69) is 29.4 Å². The molecule has 1 unspecified atom stereocenters. The number of benzene rings is 2. The Hall–Kier alpha value is -2.24. The van der Waals surface area contributed by atoms with Crippen molar-refractivity contribution in [2.75, 3.05) is 18.9 Å². The Balaban J connectivity index is 1.59. The average molecular weight is 340 g/mol. The number of likely N-dealkylation sites (N-methyl/N-ethyl adjacent to an activating group) is 1. The highest BCUT2D eigenvalue weighted by molar-refractivity contribution is 7.18. The van der Waals surface area contributed by atoms with Crippen LogP contribution in [0.1, 0.15) is 16.1 Å². The van der Waals surface area contributed by atoms with Gasteiger partial charge in [-0.3, -0.25) is 4.79 Å². The molecule has 0 saturated carbocycles. The molecule has 4 nitrogen and oxygen atoms in total. The second-order valence-electron chi connectivity index (χ2n) is 6.25. The van der Waals surface area contributed by atoms with E-state index in [0.717, 1.165) is 33.2 Å². The molecule has 3 rings (SSSR count). The molecule has 0 fully saturated rings. The highest BCUT2D eigenvalue weighted by atomic mass is 32.1. The Labute approximate surface area is 146 Å². The van der Waals surface area contributed by atoms with Gasteiger partial charge in [-0.25, -0.2) is 4.98 Å². The number of carbonyl (C=O) groups is 1. The quantitative estimate of drug-likeness (QED) is 0.750. The SMILES string of the molecule is Cc1ccc(NC(=O)C[NH+](C)Cc2nc3ccccc3s2)c(C)c1. The molecule has 1 aromatic heterocycles. The van der Waals surface area contributed by atoms with E-state index in [0.29, 0.717) is 6.54 Å². The minimum Gasteiger partial charge on any atom is -0.324 e. The lowest BCUT2D eigenvalue weighted by atomic mass is 10.1. The van der Waals surface area contributed by atoms with E-state index >= 15 is 0 Å². The van der Waals surface area contributed by atoms with Gasteiger partial charge in [0.2, 0.25) is 0 Å². The van der Waals surface area contributed by atoms with E-state index in [4.69, 9.17) is 0 Å². The third kappa shape index (κ3) is 3.99. The number of rotatable bonds is 5. The standard InChI is InChI=1S/C19H21N3OS/c1-13-8-9-15(14(2)10-13)20-18(23)11-22(3)12-19-21-16-6-4-5-7-17(16)24-19/h4-10H,11-12H2,1-3H3,(H,20,23)/p+1. The Morgan fingerprint density at radius 3 is 2.75 bits per heavy atom. The van der Waals surface area contributed by atoms with Gasteiger partial charge in [0.25, 0.3) is 5.91 Å². The van der Waals surface area contributed by atoms with Crippen LogP contribution in [0, 0.1) is 13.8 Å². The molecule has 2 aromatic carbocycles. The lowest BCUT2D eigenvalue weighted by molar-refractivity contribution is -0.885. The van der Waals surface area contributed by atoms with Gasteiger partial charge < -0.3 is 10.2 Å². The van der Waals surface area contributed by atoms with Crippen LogP contribution in [-0.2, 0) is 11.3 Å². The molecule has 5 heteroatoms. The van der Waals surface area contributed by atoms with Gasteiger partial charge in [0.1, 0.15) is 11.6 Å². The van der Waals surface area contributed by atoms with Crippen molar-refractivity contribution in [3.63, 3.8) is 0 Å². The fourth-order valence-corrected chi connectivity index (χ4v) is 3.82. The minimum absolute atomic E-state index is 0.0283. The van der Waals surface area contributed by atoms with Gasteiger partial charge >= 0.3 is 0 Å². The molecule has 0 bridgehead atoms. The van der Waals surface area contributed by atoms with Crippen molar-refractivity contribution < 1.29 is 9.69 Å². The van der Waals surface area contributed by atoms with Crippen LogP contribution in [0.25, 0.3) is 10.2 Å². The number of fused-ring (bicyclic) bond motifs is 1. The number of hydrogen-bond acceptors (Lipinski definition) is 3. The molecular formula is C19H22N3OS+. The first-order valence-corrected chi connectivity index (χ1v) is 8.86. The summed E-state index contributed by atoms with van der Waals surface area (Å²) >= 11 is 1.70. The summed E-state index contributed by atoms with van der Waals surface area (Å²) in [6.07, 6.45) is 0. The number of amides is 1. The zero-order chi connectivity index (χ0) is 17.1. The summed E-state index contributed by atoms with van der Waals surface area (Å²) in [6, 6.07) is 14.2. The number of hydrogen-bond donors (Lipinski definition) is 2. The molecule has 3 aromatic rings. The summed E-state index contributed by atoms with van der Waals surface area (Å²) in [5, 5.41) is 4.07. The van der Waals surface area contributed by atoms with Gasteiger partial charge in [0.05, 0.1) is 17.3 Å². The zero-order valence-corrected chi connectivity index (χ0v) is 15.0. The van der Waals surface area contributed by atoms with Gasteiger partial charge in [-0.05, 0) is 37.6 Å². The van der Waals surface area contributed by atoms with Crippen molar-refractivity contribution in [1.82, 2.24) is 4.98 Å². The van der Waals surface area contributed by atoms with Crippen LogP contribution in [0.5, 0.6) is 0 Å². The number of nitrogens with one attached hydrogen (secondary N) is 2. The molecular weight excluding hydrogens is 318 g/mol. The highest BCUT2D eigenvalue weighted by Crippen LogP contribution is 2.20. The molecule has 1 amide bonds. The van der Waals surface area contributed by atoms with E-state index in [9.17, 15) is 4.79 Å². The van der Waals surface area contributed by atoms with E-state index in [1.54, 1.807) is 11.3 Å². The Kier molecular flexibility index (Phi) is 4.92. The monoisotopic (exact) mass is 340 g/mol. The molecule has 1 heterocycles. The molecule has 2 N–H and O–H groups in total. The molecule has 0 aliphatic carbocycles. The number of thiazole rings is 1. The lowest BCUT2D eigenvalue weighted by Crippen LogP contribution is -3.08. The maximum Gasteiger partial charge on any atom is 0.279 e. The normalized spacial score (nSPS) is 12.3. The predicted octanol–water partition coefficient (Wildman–Crippen LogP) is 2.57. The fourth-order valence-electron chi connectivity index (χ4n) is 2.74. The minimum atomic E-state index is 0.0283. The summed E-state index contributed by atoms with van der Waals surface area (Å²) in [5.41, 5.74) is 4.21. The average Bonchev–Trinajstić information content (AvgIpc) is 2.91. The van der Waals surface area contributed by atoms with Gasteiger partial charge in [-0.1, -0.05) is 29.8 Å². The summed E-state index contributed by atoms with van der Waals surface area (Å²) in [7, 11) is 2.02. The van der Waals surface area contributed by atoms with E-state index < -0.39 is 0 Å². The molecule has 0 saturated heterocycles. The Morgan fingerprint density at radius 2 is 2.00 bits per heavy atom. The van der Waals surface area contributed by atoms with Crippen molar-refractivity contribution in [3.8, 4) is 0 Å². The molecule has 0 radical (unpaired) electrons. The third-order valence-corrected chi connectivity index (χ3v) is 4.95. The maximum absolute atomic E-state index is 12.3. The Morgan fingerprint density at radius 1 is 1.21 bits per heavy atom. The van der Waals surface area contributed by atoms with Crippen LogP contribution in [-0.4, -0.2) is 24.5 Å². The van der Waals surface area contributed by atoms with Crippen LogP contribution in [0.15, 0.2) is 42.5 Å². The number of quaternary nitrogens is 1. The highest BCUT2D eigenvalue weighted by Gasteiger charge is 2.14. The van der Waals surface area contributed by atoms with E-state index in [1.165, 1.54) is 10.3 Å². The smallest absolute Gasteiger partial charge is 0.279 e. The first kappa shape index (κ1) is 16.6. The number of aromatic nitrogens is 1. The summed E-state index contributed by atoms with van der Waals surface area (Å²) < 4.78 is 1.19. The number of aryl methyl sites for hydroxylation is 2. The molecule has 0 aliphatic rings. The summed E-state index contributed by atoms with van der Waals surface area (Å²) in [4.78, 5) is 18.0. The first-order chi connectivity index (χ1) is 11.5. The van der Waals surface area contributed by atoms with Gasteiger partial charge in [0, 0.05) is 5.69 Å². The second-order valence-corrected chi connectivity index (χ2v) is 7.37. The first-order valence-electron chi connectivity index (χ1n) is 8.04. The maximum atomic E-state index is 12.3. The number of anilines is 1. The zero-order valence-electron chi connectivity index (χ0n) is 14.2. The summed E-state index contributed by atoms with van der Waals surface area (Å²) in [6.45, 7) is 5.23. The third-order valence-electron chi connectivity index (χ3n) is 3.91. The van der Waals surface area contributed by atoms with Gasteiger partial charge in [0.15, 0.2) is 6.54 Å². The van der Waals surface area contributed by atoms with Crippen molar-refractivity contribution in [3.05, 3.63) is 58.6 Å². The van der Waals surface area contributed by atoms with E-state index in [-0.39, 0.29) is 5.91 Å². The van der Waals surface area contributed by atoms with Crippen LogP contribution in [0.4, 0.5) is 5.69 Å². The van der Waals surface area contributed by atoms with Crippen LogP contribution < -0.4 is 10.2 Å². The van der Waals surface area contributed by atoms with Crippen molar-refractivity contribution >= 4 is 33.1 Å². The topological polar surface area (TPSA) is 46.4 Å². The lowest BCUT2D eigenvalue weighted by Gasteiger charge is -2.13. The largest absolute Gasteiger partial charge is 0.324 e. The number of para-hydroxylation sites is 1. The van der Waals surface area contributed by atoms with Crippen molar-refractivity contribution in [1.29, 1.82) is 0 Å². The molecule has 0 aliphatic heterocycles. The Bertz CT molecular complexity index is 839. The summed E-state index contributed by atoms with van der Waals surface area (Å²) in [5.74, 6) is 0.0283. The van der Waals surface area contributed by atoms with Crippen molar-refractivity contribution in [2.24, 2.45) is 0 Å². The fraction of sp³-hybridized carbons (Fsp3) is 0.263. The van der Waals surface area contributed by atoms with Crippen LogP contribution >= 0.6 is 11.3 Å². The second kappa shape index (κ2) is 7.11. The molecule has 124 valence electrons. The molecule has 1 atom stereocenters. The van der Waals surface area contributed by atoms with Crippen LogP contribution in [0.2, 0.25) is 0 Å². The molecule has 0 spiro atoms. The van der Waals surface area contributed by atoms with Crippen LogP contribution in [0.3, 0.4) is 0 Å². The molecule has 24 heavy (non-hydrogen) atoms. The van der Waals surface area contributed by atoms with Crippen molar-refractivity contribution in [2.45, 2.75) is 20.4 Å². The van der Waals surface area contributed by atoms with E-state index in [1.807, 2.05) is 44.3 Å². The predicted molar refractivity (Wildman–Crippen MR) is 99.6 cm³/mol.